The van der Waals surface area contributed by atoms with Crippen molar-refractivity contribution in [2.45, 2.75) is 58.1 Å². The first-order valence-corrected chi connectivity index (χ1v) is 13.6. The van der Waals surface area contributed by atoms with Crippen molar-refractivity contribution in [2.24, 2.45) is 5.41 Å². The zero-order valence-electron chi connectivity index (χ0n) is 22.4. The van der Waals surface area contributed by atoms with Crippen LogP contribution in [0.25, 0.3) is 0 Å². The van der Waals surface area contributed by atoms with Gasteiger partial charge in [-0.05, 0) is 76.1 Å². The van der Waals surface area contributed by atoms with Crippen LogP contribution in [-0.2, 0) is 9.47 Å². The van der Waals surface area contributed by atoms with Gasteiger partial charge >= 0.3 is 6.09 Å². The Kier molecular flexibility index (Phi) is 6.17. The number of hydrogen-bond donors (Lipinski definition) is 1. The van der Waals surface area contributed by atoms with Gasteiger partial charge in [0.15, 0.2) is 0 Å². The SMILES string of the molecule is C[C@@H]1CN(c2cccc(NC(=O)c3ccc(N4C(=O)OCC4(C)C)nc3N3CCC4(CC3)CC4)n2)CCO1. The number of anilines is 4. The van der Waals surface area contributed by atoms with Crippen LogP contribution in [0.3, 0.4) is 0 Å². The summed E-state index contributed by atoms with van der Waals surface area (Å²) in [5.74, 6) is 2.13. The second kappa shape index (κ2) is 9.41. The molecule has 4 aliphatic rings. The number of ether oxygens (including phenoxy) is 2. The molecule has 3 saturated heterocycles. The number of nitrogens with zero attached hydrogens (tertiary/aromatic N) is 5. The van der Waals surface area contributed by atoms with Gasteiger partial charge < -0.3 is 24.6 Å². The first kappa shape index (κ1) is 24.9. The Hall–Kier alpha value is -3.40. The Morgan fingerprint density at radius 3 is 2.47 bits per heavy atom. The molecule has 6 rings (SSSR count). The third-order valence-corrected chi connectivity index (χ3v) is 8.29. The monoisotopic (exact) mass is 520 g/mol. The fraction of sp³-hybridized carbons (Fsp3) is 0.571. The molecule has 1 atom stereocenters. The van der Waals surface area contributed by atoms with E-state index in [9.17, 15) is 9.59 Å². The van der Waals surface area contributed by atoms with Gasteiger partial charge in [-0.15, -0.1) is 0 Å². The molecule has 0 radical (unpaired) electrons. The maximum atomic E-state index is 13.6. The van der Waals surface area contributed by atoms with Gasteiger partial charge in [-0.3, -0.25) is 9.69 Å². The lowest BCUT2D eigenvalue weighted by Gasteiger charge is -2.35. The number of carbonyl (C=O) groups excluding carboxylic acids is 2. The third-order valence-electron chi connectivity index (χ3n) is 8.29. The number of nitrogens with one attached hydrogen (secondary N) is 1. The zero-order chi connectivity index (χ0) is 26.5. The minimum atomic E-state index is -0.521. The highest BCUT2D eigenvalue weighted by Gasteiger charge is 2.46. The molecule has 1 aliphatic carbocycles. The lowest BCUT2D eigenvalue weighted by Crippen LogP contribution is -2.43. The van der Waals surface area contributed by atoms with Gasteiger partial charge in [-0.25, -0.2) is 14.8 Å². The summed E-state index contributed by atoms with van der Waals surface area (Å²) in [5, 5.41) is 2.99. The van der Waals surface area contributed by atoms with Gasteiger partial charge in [0, 0.05) is 26.2 Å². The van der Waals surface area contributed by atoms with Crippen LogP contribution in [0.5, 0.6) is 0 Å². The van der Waals surface area contributed by atoms with Crippen molar-refractivity contribution in [1.82, 2.24) is 9.97 Å². The Labute approximate surface area is 223 Å². The fourth-order valence-corrected chi connectivity index (χ4v) is 5.75. The largest absolute Gasteiger partial charge is 0.447 e. The van der Waals surface area contributed by atoms with Crippen LogP contribution in [0.2, 0.25) is 0 Å². The van der Waals surface area contributed by atoms with E-state index >= 15 is 0 Å². The van der Waals surface area contributed by atoms with Crippen LogP contribution in [0.1, 0.15) is 56.8 Å². The molecule has 1 saturated carbocycles. The Morgan fingerprint density at radius 2 is 1.79 bits per heavy atom. The molecule has 0 bridgehead atoms. The van der Waals surface area contributed by atoms with E-state index in [1.165, 1.54) is 12.8 Å². The van der Waals surface area contributed by atoms with Crippen molar-refractivity contribution in [2.75, 3.05) is 59.4 Å². The average molecular weight is 521 g/mol. The van der Waals surface area contributed by atoms with Crippen molar-refractivity contribution >= 4 is 35.3 Å². The molecule has 0 unspecified atom stereocenters. The van der Waals surface area contributed by atoms with E-state index < -0.39 is 11.6 Å². The van der Waals surface area contributed by atoms with Gasteiger partial charge in [-0.1, -0.05) is 6.07 Å². The van der Waals surface area contributed by atoms with Gasteiger partial charge in [0.05, 0.1) is 23.8 Å². The van der Waals surface area contributed by atoms with Crippen LogP contribution in [-0.4, -0.2) is 73.0 Å². The van der Waals surface area contributed by atoms with E-state index in [1.54, 1.807) is 23.1 Å². The zero-order valence-corrected chi connectivity index (χ0v) is 22.4. The highest BCUT2D eigenvalue weighted by Crippen LogP contribution is 2.54. The summed E-state index contributed by atoms with van der Waals surface area (Å²) in [6.07, 6.45) is 4.49. The molecule has 10 heteroatoms. The summed E-state index contributed by atoms with van der Waals surface area (Å²) >= 11 is 0. The summed E-state index contributed by atoms with van der Waals surface area (Å²) in [5.41, 5.74) is 0.434. The molecule has 202 valence electrons. The number of pyridine rings is 2. The minimum absolute atomic E-state index is 0.133. The summed E-state index contributed by atoms with van der Waals surface area (Å²) < 4.78 is 11.0. The normalized spacial score (nSPS) is 23.9. The maximum absolute atomic E-state index is 13.6. The molecule has 5 heterocycles. The minimum Gasteiger partial charge on any atom is -0.447 e. The van der Waals surface area contributed by atoms with E-state index in [0.717, 1.165) is 44.8 Å². The Balaban J connectivity index is 1.28. The van der Waals surface area contributed by atoms with Crippen molar-refractivity contribution in [3.05, 3.63) is 35.9 Å². The predicted molar refractivity (Wildman–Crippen MR) is 145 cm³/mol. The van der Waals surface area contributed by atoms with Crippen LogP contribution < -0.4 is 20.0 Å². The van der Waals surface area contributed by atoms with E-state index in [2.05, 4.69) is 15.1 Å². The van der Waals surface area contributed by atoms with E-state index in [1.807, 2.05) is 32.9 Å². The van der Waals surface area contributed by atoms with Gasteiger partial charge in [0.1, 0.15) is 29.9 Å². The highest BCUT2D eigenvalue weighted by molar-refractivity contribution is 6.07. The van der Waals surface area contributed by atoms with E-state index in [-0.39, 0.29) is 12.0 Å². The Morgan fingerprint density at radius 1 is 1.00 bits per heavy atom. The molecule has 3 aliphatic heterocycles. The predicted octanol–water partition coefficient (Wildman–Crippen LogP) is 4.07. The molecular formula is C28H36N6O4. The summed E-state index contributed by atoms with van der Waals surface area (Å²) in [4.78, 5) is 41.7. The van der Waals surface area contributed by atoms with Gasteiger partial charge in [-0.2, -0.15) is 0 Å². The molecular weight excluding hydrogens is 484 g/mol. The number of cyclic esters (lactones) is 1. The quantitative estimate of drug-likeness (QED) is 0.630. The van der Waals surface area contributed by atoms with Gasteiger partial charge in [0.25, 0.3) is 5.91 Å². The van der Waals surface area contributed by atoms with E-state index in [4.69, 9.17) is 19.4 Å². The van der Waals surface area contributed by atoms with Crippen LogP contribution in [0.15, 0.2) is 30.3 Å². The van der Waals surface area contributed by atoms with Crippen molar-refractivity contribution in [3.63, 3.8) is 0 Å². The number of carbonyl (C=O) groups is 2. The lowest BCUT2D eigenvalue weighted by atomic mass is 9.93. The molecule has 38 heavy (non-hydrogen) atoms. The number of piperidine rings is 1. The van der Waals surface area contributed by atoms with Crippen LogP contribution in [0.4, 0.5) is 28.1 Å². The van der Waals surface area contributed by atoms with Crippen molar-refractivity contribution in [3.8, 4) is 0 Å². The molecule has 1 spiro atoms. The topological polar surface area (TPSA) is 100 Å². The first-order valence-electron chi connectivity index (χ1n) is 13.6. The summed E-state index contributed by atoms with van der Waals surface area (Å²) in [7, 11) is 0. The number of aromatic nitrogens is 2. The lowest BCUT2D eigenvalue weighted by molar-refractivity contribution is 0.0529. The molecule has 0 aromatic carbocycles. The van der Waals surface area contributed by atoms with Crippen molar-refractivity contribution < 1.29 is 19.1 Å². The molecule has 10 nitrogen and oxygen atoms in total. The standard InChI is InChI=1S/C28H36N6O4/c1-19-17-33(15-16-37-19)22-6-4-5-21(29-22)30-25(35)20-7-8-23(34-26(36)38-18-27(34,2)3)31-24(20)32-13-11-28(9-10-28)12-14-32/h4-8,19H,9-18H2,1-3H3,(H,29,30,35)/t19-/m1/s1. The second-order valence-electron chi connectivity index (χ2n) is 11.7. The molecule has 2 amide bonds. The van der Waals surface area contributed by atoms with Crippen LogP contribution in [0, 0.1) is 5.41 Å². The third kappa shape index (κ3) is 4.77. The molecule has 2 aromatic rings. The first-order chi connectivity index (χ1) is 18.2. The summed E-state index contributed by atoms with van der Waals surface area (Å²) in [6, 6.07) is 9.16. The fourth-order valence-electron chi connectivity index (χ4n) is 5.75. The average Bonchev–Trinajstić information content (AvgIpc) is 3.60. The second-order valence-corrected chi connectivity index (χ2v) is 11.7. The van der Waals surface area contributed by atoms with Crippen LogP contribution >= 0.6 is 0 Å². The van der Waals surface area contributed by atoms with E-state index in [0.29, 0.717) is 41.6 Å². The maximum Gasteiger partial charge on any atom is 0.416 e. The number of hydrogen-bond acceptors (Lipinski definition) is 8. The molecule has 4 fully saturated rings. The number of rotatable bonds is 5. The molecule has 2 aromatic heterocycles. The highest BCUT2D eigenvalue weighted by atomic mass is 16.6. The smallest absolute Gasteiger partial charge is 0.416 e. The summed E-state index contributed by atoms with van der Waals surface area (Å²) in [6.45, 7) is 10.1. The Bertz CT molecular complexity index is 1240. The van der Waals surface area contributed by atoms with Crippen molar-refractivity contribution in [1.29, 1.82) is 0 Å². The number of morpholine rings is 1. The molecule has 1 N–H and O–H groups in total. The van der Waals surface area contributed by atoms with Gasteiger partial charge in [0.2, 0.25) is 0 Å². The number of amides is 2.